The maximum Gasteiger partial charge on any atom is 0.510 e. The number of fused-ring (bicyclic) bond motifs is 1. The molecule has 49 heavy (non-hydrogen) atoms. The van der Waals surface area contributed by atoms with E-state index in [1.807, 2.05) is 37.3 Å². The molecule has 5 atom stereocenters. The predicted octanol–water partition coefficient (Wildman–Crippen LogP) is 4.51. The van der Waals surface area contributed by atoms with Crippen molar-refractivity contribution in [2.24, 2.45) is 0 Å². The number of carbonyl (C=O) groups is 2. The quantitative estimate of drug-likeness (QED) is 0.0798. The van der Waals surface area contributed by atoms with E-state index in [1.165, 1.54) is 10.9 Å². The Bertz CT molecular complexity index is 1570. The van der Waals surface area contributed by atoms with E-state index in [0.29, 0.717) is 11.3 Å². The Morgan fingerprint density at radius 1 is 0.980 bits per heavy atom. The van der Waals surface area contributed by atoms with Crippen molar-refractivity contribution in [3.63, 3.8) is 0 Å². The molecular formula is C29H39ClN5O13P. The van der Waals surface area contributed by atoms with E-state index in [0.717, 1.165) is 5.56 Å². The molecule has 270 valence electrons. The van der Waals surface area contributed by atoms with Crippen molar-refractivity contribution in [2.75, 3.05) is 31.9 Å². The van der Waals surface area contributed by atoms with Gasteiger partial charge in [-0.3, -0.25) is 18.2 Å². The number of carbonyl (C=O) groups excluding carboxylic acids is 2. The van der Waals surface area contributed by atoms with Crippen LogP contribution in [-0.2, 0) is 42.0 Å². The number of benzene rings is 1. The van der Waals surface area contributed by atoms with Crippen LogP contribution in [0.4, 0.5) is 15.4 Å². The number of nitrogens with zero attached hydrogens (tertiary/aromatic N) is 4. The third-order valence-corrected chi connectivity index (χ3v) is 8.37. The minimum atomic E-state index is -4.27. The molecule has 20 heteroatoms. The maximum atomic E-state index is 13.3. The van der Waals surface area contributed by atoms with Crippen LogP contribution in [0, 0.1) is 0 Å². The largest absolute Gasteiger partial charge is 0.510 e. The number of halogens is 1. The second kappa shape index (κ2) is 17.4. The number of hydrogen-bond acceptors (Lipinski definition) is 17. The van der Waals surface area contributed by atoms with Gasteiger partial charge >= 0.3 is 19.9 Å². The molecule has 4 rings (SSSR count). The van der Waals surface area contributed by atoms with Gasteiger partial charge in [-0.25, -0.2) is 14.6 Å². The topological polar surface area (TPSA) is 221 Å². The van der Waals surface area contributed by atoms with Crippen molar-refractivity contribution in [2.45, 2.75) is 77.4 Å². The number of aromatic nitrogens is 4. The summed E-state index contributed by atoms with van der Waals surface area (Å²) in [6.45, 7) is 6.20. The fourth-order valence-corrected chi connectivity index (χ4v) is 5.60. The minimum absolute atomic E-state index is 0.0939. The van der Waals surface area contributed by atoms with E-state index in [4.69, 9.17) is 49.1 Å². The normalized spacial score (nSPS) is 20.0. The molecule has 0 saturated carbocycles. The van der Waals surface area contributed by atoms with E-state index >= 15 is 0 Å². The first-order valence-corrected chi connectivity index (χ1v) is 17.2. The van der Waals surface area contributed by atoms with Gasteiger partial charge in [-0.1, -0.05) is 30.3 Å². The molecule has 3 heterocycles. The second-order valence-corrected chi connectivity index (χ2v) is 13.5. The van der Waals surface area contributed by atoms with Crippen LogP contribution < -0.4 is 5.32 Å². The Kier molecular flexibility index (Phi) is 13.5. The van der Waals surface area contributed by atoms with Crippen LogP contribution in [0.15, 0.2) is 36.7 Å². The summed E-state index contributed by atoms with van der Waals surface area (Å²) in [5, 5.41) is 24.9. The maximum absolute atomic E-state index is 13.3. The highest BCUT2D eigenvalue weighted by atomic mass is 35.5. The highest BCUT2D eigenvalue weighted by molar-refractivity contribution is 7.53. The number of aliphatic hydroxyl groups is 2. The monoisotopic (exact) mass is 731 g/mol. The Labute approximate surface area is 286 Å². The van der Waals surface area contributed by atoms with Crippen LogP contribution in [0.5, 0.6) is 0 Å². The Morgan fingerprint density at radius 3 is 2.18 bits per heavy atom. The molecule has 0 radical (unpaired) electrons. The number of nitrogens with one attached hydrogen (secondary N) is 1. The molecule has 0 unspecified atom stereocenters. The second-order valence-electron chi connectivity index (χ2n) is 11.2. The van der Waals surface area contributed by atoms with E-state index < -0.39 is 83.2 Å². The number of ether oxygens (including phenoxy) is 6. The lowest BCUT2D eigenvalue weighted by Crippen LogP contribution is -2.34. The van der Waals surface area contributed by atoms with Gasteiger partial charge in [0.25, 0.3) is 0 Å². The molecule has 0 aliphatic carbocycles. The molecule has 1 aliphatic rings. The first-order chi connectivity index (χ1) is 23.3. The number of aliphatic hydroxyl groups excluding tert-OH is 2. The molecule has 1 aromatic carbocycles. The van der Waals surface area contributed by atoms with Crippen molar-refractivity contribution in [1.82, 2.24) is 19.5 Å². The highest BCUT2D eigenvalue weighted by Gasteiger charge is 2.45. The zero-order valence-electron chi connectivity index (χ0n) is 27.3. The zero-order valence-corrected chi connectivity index (χ0v) is 29.0. The van der Waals surface area contributed by atoms with Gasteiger partial charge < -0.3 is 44.0 Å². The molecule has 1 fully saturated rings. The third kappa shape index (κ3) is 10.7. The van der Waals surface area contributed by atoms with Crippen LogP contribution in [0.2, 0.25) is 5.28 Å². The van der Waals surface area contributed by atoms with Gasteiger partial charge in [0.15, 0.2) is 23.2 Å². The van der Waals surface area contributed by atoms with Crippen molar-refractivity contribution in [3.8, 4) is 0 Å². The van der Waals surface area contributed by atoms with Crippen molar-refractivity contribution in [3.05, 3.63) is 47.5 Å². The summed E-state index contributed by atoms with van der Waals surface area (Å²) in [6.07, 6.45) is -7.82. The van der Waals surface area contributed by atoms with E-state index in [2.05, 4.69) is 20.3 Å². The number of anilines is 1. The van der Waals surface area contributed by atoms with E-state index in [-0.39, 0.29) is 17.0 Å². The van der Waals surface area contributed by atoms with Crippen molar-refractivity contribution < 1.29 is 61.8 Å². The highest BCUT2D eigenvalue weighted by Crippen LogP contribution is 2.48. The first kappa shape index (κ1) is 38.2. The summed E-state index contributed by atoms with van der Waals surface area (Å²) in [5.74, 6) is 0.344. The van der Waals surface area contributed by atoms with Crippen LogP contribution in [0.25, 0.3) is 11.2 Å². The smallest absolute Gasteiger partial charge is 0.432 e. The average molecular weight is 732 g/mol. The van der Waals surface area contributed by atoms with Crippen LogP contribution in [-0.4, -0.2) is 99.1 Å². The summed E-state index contributed by atoms with van der Waals surface area (Å²) < 4.78 is 55.5. The van der Waals surface area contributed by atoms with Gasteiger partial charge in [-0.15, -0.1) is 0 Å². The Hall–Kier alpha value is -3.61. The van der Waals surface area contributed by atoms with Gasteiger partial charge in [-0.05, 0) is 51.8 Å². The van der Waals surface area contributed by atoms with Gasteiger partial charge in [0, 0.05) is 0 Å². The molecule has 3 N–H and O–H groups in total. The molecule has 1 aliphatic heterocycles. The summed E-state index contributed by atoms with van der Waals surface area (Å²) in [7, 11) is -4.27. The SMILES string of the molecule is CC(C)OC(=O)OCOP(=O)(COC[C@H]1O[C@@H](n2cnc3c(N[C@@H](C)c4ccccc4)nc(Cl)nc32)[C@H](O)[C@@H]1O)OCOC(=O)OC(C)C. The Balaban J connectivity index is 1.40. The van der Waals surface area contributed by atoms with E-state index in [9.17, 15) is 24.4 Å². The molecule has 2 aromatic heterocycles. The number of rotatable bonds is 16. The average Bonchev–Trinajstić information content (AvgIpc) is 3.56. The summed E-state index contributed by atoms with van der Waals surface area (Å²) in [4.78, 5) is 36.3. The summed E-state index contributed by atoms with van der Waals surface area (Å²) in [6, 6.07) is 9.48. The number of imidazole rings is 1. The minimum Gasteiger partial charge on any atom is -0.432 e. The van der Waals surface area contributed by atoms with E-state index in [1.54, 1.807) is 27.7 Å². The standard InChI is InChI=1S/C29H39ClN5O13P/c1-16(2)46-28(38)42-13-44-49(40,45-14-43-29(39)47-17(3)4)15-41-11-20-22(36)23(37)26(48-20)35-12-31-21-24(33-27(30)34-25(21)35)32-18(5)19-9-7-6-8-10-19/h6-10,12,16-18,20,22-23,26,36-37H,11,13-15H2,1-5H3,(H,32,33,34)/t18-,20+,22+,23+,26+/m0/s1. The zero-order chi connectivity index (χ0) is 35.7. The molecule has 18 nitrogen and oxygen atoms in total. The van der Waals surface area contributed by atoms with Gasteiger partial charge in [0.1, 0.15) is 24.7 Å². The molecule has 0 bridgehead atoms. The molecule has 0 spiro atoms. The lowest BCUT2D eigenvalue weighted by molar-refractivity contribution is -0.0653. The fourth-order valence-electron chi connectivity index (χ4n) is 4.46. The first-order valence-electron chi connectivity index (χ1n) is 15.1. The van der Waals surface area contributed by atoms with Gasteiger partial charge in [0.05, 0.1) is 31.2 Å². The molecule has 0 amide bonds. The van der Waals surface area contributed by atoms with Crippen molar-refractivity contribution >= 4 is 48.5 Å². The molecule has 3 aromatic rings. The third-order valence-electron chi connectivity index (χ3n) is 6.71. The van der Waals surface area contributed by atoms with Crippen LogP contribution >= 0.6 is 19.2 Å². The molecular weight excluding hydrogens is 693 g/mol. The van der Waals surface area contributed by atoms with Gasteiger partial charge in [0.2, 0.25) is 18.9 Å². The Morgan fingerprint density at radius 2 is 1.59 bits per heavy atom. The molecule has 1 saturated heterocycles. The predicted molar refractivity (Wildman–Crippen MR) is 170 cm³/mol. The van der Waals surface area contributed by atoms with Crippen molar-refractivity contribution in [1.29, 1.82) is 0 Å². The lowest BCUT2D eigenvalue weighted by atomic mass is 10.1. The summed E-state index contributed by atoms with van der Waals surface area (Å²) in [5.41, 5.74) is 1.55. The van der Waals surface area contributed by atoms with Crippen LogP contribution in [0.3, 0.4) is 0 Å². The van der Waals surface area contributed by atoms with Gasteiger partial charge in [-0.2, -0.15) is 9.97 Å². The lowest BCUT2D eigenvalue weighted by Gasteiger charge is -2.20. The fraction of sp³-hybridized carbons (Fsp3) is 0.552. The van der Waals surface area contributed by atoms with Crippen LogP contribution in [0.1, 0.15) is 52.5 Å². The summed E-state index contributed by atoms with van der Waals surface area (Å²) >= 11 is 6.25. The number of hydrogen-bond donors (Lipinski definition) is 3.